The summed E-state index contributed by atoms with van der Waals surface area (Å²) in [6.45, 7) is 2.85. The van der Waals surface area contributed by atoms with Crippen LogP contribution in [0.15, 0.2) is 0 Å². The van der Waals surface area contributed by atoms with Gasteiger partial charge in [0.25, 0.3) is 0 Å². The zero-order valence-corrected chi connectivity index (χ0v) is 19.7. The lowest BCUT2D eigenvalue weighted by atomic mass is 9.78. The van der Waals surface area contributed by atoms with Gasteiger partial charge in [-0.25, -0.2) is 0 Å². The van der Waals surface area contributed by atoms with Crippen LogP contribution in [-0.2, 0) is 14.3 Å². The number of amides is 2. The number of rotatable bonds is 6. The number of carbonyl (C=O) groups excluding carboxylic acids is 2. The van der Waals surface area contributed by atoms with Crippen molar-refractivity contribution in [1.82, 2.24) is 26.6 Å². The van der Waals surface area contributed by atoms with Gasteiger partial charge >= 0.3 is 0 Å². The number of ether oxygens (including phenoxy) is 1. The van der Waals surface area contributed by atoms with E-state index < -0.39 is 0 Å². The molecule has 8 heteroatoms. The number of carbonyl (C=O) groups is 2. The second-order valence-corrected chi connectivity index (χ2v) is 10.3. The van der Waals surface area contributed by atoms with E-state index in [1.165, 1.54) is 25.7 Å². The van der Waals surface area contributed by atoms with Gasteiger partial charge in [-0.15, -0.1) is 0 Å². The van der Waals surface area contributed by atoms with Gasteiger partial charge in [0.15, 0.2) is 0 Å². The van der Waals surface area contributed by atoms with Gasteiger partial charge < -0.3 is 15.4 Å². The first-order valence-corrected chi connectivity index (χ1v) is 13.0. The van der Waals surface area contributed by atoms with Crippen LogP contribution >= 0.6 is 0 Å². The molecule has 0 aromatic carbocycles. The topological polar surface area (TPSA) is 104 Å². The molecular weight excluding hydrogens is 406 g/mol. The quantitative estimate of drug-likeness (QED) is 0.418. The minimum atomic E-state index is -0.353. The van der Waals surface area contributed by atoms with E-state index in [2.05, 4.69) is 26.6 Å². The Labute approximate surface area is 192 Å². The van der Waals surface area contributed by atoms with Gasteiger partial charge in [-0.05, 0) is 82.5 Å². The van der Waals surface area contributed by atoms with Crippen LogP contribution in [-0.4, -0.2) is 63.0 Å². The lowest BCUT2D eigenvalue weighted by molar-refractivity contribution is -0.131. The molecule has 0 spiro atoms. The molecule has 5 N–H and O–H groups in total. The summed E-state index contributed by atoms with van der Waals surface area (Å²) < 4.78 is 5.51. The maximum atomic E-state index is 12.7. The highest BCUT2D eigenvalue weighted by Gasteiger charge is 2.33. The molecule has 2 aliphatic heterocycles. The van der Waals surface area contributed by atoms with Crippen molar-refractivity contribution in [2.24, 2.45) is 17.8 Å². The van der Waals surface area contributed by atoms with Gasteiger partial charge in [-0.2, -0.15) is 0 Å². The summed E-state index contributed by atoms with van der Waals surface area (Å²) in [6, 6.07) is 0.0768. The zero-order valence-electron chi connectivity index (χ0n) is 19.7. The largest absolute Gasteiger partial charge is 0.381 e. The molecule has 1 unspecified atom stereocenters. The first kappa shape index (κ1) is 23.9. The Kier molecular flexibility index (Phi) is 8.80. The van der Waals surface area contributed by atoms with E-state index in [0.29, 0.717) is 18.1 Å². The van der Waals surface area contributed by atoms with E-state index in [4.69, 9.17) is 4.74 Å². The van der Waals surface area contributed by atoms with Gasteiger partial charge in [-0.1, -0.05) is 0 Å². The number of nitrogens with one attached hydrogen (secondary N) is 5. The highest BCUT2D eigenvalue weighted by molar-refractivity contribution is 5.88. The summed E-state index contributed by atoms with van der Waals surface area (Å²) in [7, 11) is 1.83. The molecule has 4 rings (SSSR count). The first-order valence-electron chi connectivity index (χ1n) is 13.0. The average Bonchev–Trinajstić information content (AvgIpc) is 3.04. The maximum Gasteiger partial charge on any atom is 0.242 e. The van der Waals surface area contributed by atoms with E-state index in [1.54, 1.807) is 0 Å². The van der Waals surface area contributed by atoms with Crippen LogP contribution in [0.25, 0.3) is 0 Å². The van der Waals surface area contributed by atoms with Crippen molar-refractivity contribution in [3.8, 4) is 0 Å². The fraction of sp³-hybridized carbons (Fsp3) is 0.917. The first-order chi connectivity index (χ1) is 15.6. The molecule has 2 aliphatic carbocycles. The zero-order chi connectivity index (χ0) is 22.3. The van der Waals surface area contributed by atoms with Gasteiger partial charge in [-0.3, -0.25) is 25.5 Å². The smallest absolute Gasteiger partial charge is 0.242 e. The van der Waals surface area contributed by atoms with Crippen molar-refractivity contribution in [3.05, 3.63) is 0 Å². The Morgan fingerprint density at radius 1 is 0.906 bits per heavy atom. The minimum Gasteiger partial charge on any atom is -0.381 e. The molecule has 2 saturated carbocycles. The summed E-state index contributed by atoms with van der Waals surface area (Å²) in [4.78, 5) is 24.8. The summed E-state index contributed by atoms with van der Waals surface area (Å²) in [5, 5.41) is 17.0. The average molecular weight is 450 g/mol. The Balaban J connectivity index is 1.13. The number of hydrogen-bond donors (Lipinski definition) is 5. The second kappa shape index (κ2) is 11.8. The van der Waals surface area contributed by atoms with Crippen molar-refractivity contribution in [3.63, 3.8) is 0 Å². The fourth-order valence-electron chi connectivity index (χ4n) is 6.05. The highest BCUT2D eigenvalue weighted by Crippen LogP contribution is 2.32. The van der Waals surface area contributed by atoms with Crippen molar-refractivity contribution in [2.75, 3.05) is 26.7 Å². The van der Waals surface area contributed by atoms with E-state index >= 15 is 0 Å². The third kappa shape index (κ3) is 6.43. The molecule has 0 radical (unpaired) electrons. The van der Waals surface area contributed by atoms with E-state index in [0.717, 1.165) is 70.5 Å². The molecule has 1 atom stereocenters. The molecule has 2 heterocycles. The predicted octanol–water partition coefficient (Wildman–Crippen LogP) is 1.22. The van der Waals surface area contributed by atoms with Gasteiger partial charge in [0.1, 0.15) is 12.3 Å². The Hall–Kier alpha value is -1.22. The lowest BCUT2D eigenvalue weighted by Crippen LogP contribution is -2.63. The SMILES string of the molecule is COC1CCC(C2CNC(NC3CCC(C(=O)NC4CCCCNC4=O)CC3)NC2)CC1. The second-order valence-electron chi connectivity index (χ2n) is 10.3. The summed E-state index contributed by atoms with van der Waals surface area (Å²) in [6.07, 6.45) is 12.1. The third-order valence-corrected chi connectivity index (χ3v) is 8.24. The van der Waals surface area contributed by atoms with Gasteiger partial charge in [0.2, 0.25) is 11.8 Å². The normalized spacial score (nSPS) is 39.0. The molecule has 4 fully saturated rings. The minimum absolute atomic E-state index is 0.0225. The highest BCUT2D eigenvalue weighted by atomic mass is 16.5. The van der Waals surface area contributed by atoms with Crippen LogP contribution in [0.4, 0.5) is 0 Å². The molecule has 0 bridgehead atoms. The molecule has 8 nitrogen and oxygen atoms in total. The van der Waals surface area contributed by atoms with Crippen molar-refractivity contribution >= 4 is 11.8 Å². The maximum absolute atomic E-state index is 12.7. The Bertz CT molecular complexity index is 609. The number of methoxy groups -OCH3 is 1. The molecule has 32 heavy (non-hydrogen) atoms. The predicted molar refractivity (Wildman–Crippen MR) is 124 cm³/mol. The molecule has 2 saturated heterocycles. The van der Waals surface area contributed by atoms with E-state index in [1.807, 2.05) is 7.11 Å². The molecule has 182 valence electrons. The van der Waals surface area contributed by atoms with Crippen molar-refractivity contribution in [1.29, 1.82) is 0 Å². The monoisotopic (exact) mass is 449 g/mol. The fourth-order valence-corrected chi connectivity index (χ4v) is 6.05. The van der Waals surface area contributed by atoms with Crippen LogP contribution in [0, 0.1) is 17.8 Å². The molecular formula is C24H43N5O3. The lowest BCUT2D eigenvalue weighted by Gasteiger charge is -2.40. The standard InChI is InChI=1S/C24H43N5O3/c1-32-20-11-7-16(8-12-20)18-14-26-24(27-15-18)28-19-9-5-17(6-10-19)22(30)29-21-4-2-3-13-25-23(21)31/h16-21,24,26-28H,2-15H2,1H3,(H,25,31)(H,29,30). The Morgan fingerprint density at radius 3 is 2.31 bits per heavy atom. The summed E-state index contributed by atoms with van der Waals surface area (Å²) >= 11 is 0. The molecule has 0 aromatic rings. The van der Waals surface area contributed by atoms with Crippen LogP contribution in [0.3, 0.4) is 0 Å². The molecule has 4 aliphatic rings. The number of hydrogen-bond acceptors (Lipinski definition) is 6. The van der Waals surface area contributed by atoms with Gasteiger partial charge in [0, 0.05) is 38.7 Å². The summed E-state index contributed by atoms with van der Waals surface area (Å²) in [5.74, 6) is 1.57. The van der Waals surface area contributed by atoms with E-state index in [-0.39, 0.29) is 30.1 Å². The van der Waals surface area contributed by atoms with Gasteiger partial charge in [0.05, 0.1) is 6.10 Å². The summed E-state index contributed by atoms with van der Waals surface area (Å²) in [5.41, 5.74) is 0. The van der Waals surface area contributed by atoms with Crippen LogP contribution < -0.4 is 26.6 Å². The van der Waals surface area contributed by atoms with Crippen LogP contribution in [0.1, 0.15) is 70.6 Å². The molecule has 2 amide bonds. The van der Waals surface area contributed by atoms with E-state index in [9.17, 15) is 9.59 Å². The Morgan fingerprint density at radius 2 is 1.62 bits per heavy atom. The van der Waals surface area contributed by atoms with Crippen molar-refractivity contribution < 1.29 is 14.3 Å². The molecule has 0 aromatic heterocycles. The van der Waals surface area contributed by atoms with Crippen molar-refractivity contribution in [2.45, 2.75) is 95.1 Å². The van der Waals surface area contributed by atoms with Crippen LogP contribution in [0.5, 0.6) is 0 Å². The third-order valence-electron chi connectivity index (χ3n) is 8.24. The van der Waals surface area contributed by atoms with Crippen LogP contribution in [0.2, 0.25) is 0 Å².